The van der Waals surface area contributed by atoms with Crippen molar-refractivity contribution in [2.24, 2.45) is 4.99 Å². The number of nitrogens with zero attached hydrogens (tertiary/aromatic N) is 3. The SMILES string of the molecule is CNC(=O)c1ccc(CN2CCN(C3=NCC(C)(C)S3)CC2)cc1. The molecule has 1 fully saturated rings. The highest BCUT2D eigenvalue weighted by atomic mass is 32.2. The highest BCUT2D eigenvalue weighted by Crippen LogP contribution is 2.33. The van der Waals surface area contributed by atoms with Crippen molar-refractivity contribution in [2.75, 3.05) is 39.8 Å². The molecule has 1 saturated heterocycles. The molecule has 24 heavy (non-hydrogen) atoms. The van der Waals surface area contributed by atoms with Crippen LogP contribution in [-0.2, 0) is 6.54 Å². The van der Waals surface area contributed by atoms with E-state index in [0.29, 0.717) is 5.56 Å². The van der Waals surface area contributed by atoms with Gasteiger partial charge in [-0.05, 0) is 31.5 Å². The number of hydrogen-bond donors (Lipinski definition) is 1. The number of nitrogens with one attached hydrogen (secondary N) is 1. The zero-order chi connectivity index (χ0) is 17.2. The molecule has 0 atom stereocenters. The van der Waals surface area contributed by atoms with E-state index in [4.69, 9.17) is 4.99 Å². The number of rotatable bonds is 3. The normalized spacial score (nSPS) is 20.8. The van der Waals surface area contributed by atoms with Gasteiger partial charge in [-0.25, -0.2) is 0 Å². The largest absolute Gasteiger partial charge is 0.355 e. The Morgan fingerprint density at radius 3 is 2.42 bits per heavy atom. The van der Waals surface area contributed by atoms with E-state index in [1.54, 1.807) is 7.05 Å². The monoisotopic (exact) mass is 346 g/mol. The summed E-state index contributed by atoms with van der Waals surface area (Å²) in [5.41, 5.74) is 1.97. The number of piperazine rings is 1. The quantitative estimate of drug-likeness (QED) is 0.910. The number of aliphatic imine (C=N–C) groups is 1. The van der Waals surface area contributed by atoms with Crippen LogP contribution in [0.4, 0.5) is 0 Å². The summed E-state index contributed by atoms with van der Waals surface area (Å²) < 4.78 is 0.249. The van der Waals surface area contributed by atoms with Crippen LogP contribution in [0.25, 0.3) is 0 Å². The van der Waals surface area contributed by atoms with Gasteiger partial charge in [-0.3, -0.25) is 14.7 Å². The van der Waals surface area contributed by atoms with Gasteiger partial charge in [0, 0.05) is 50.1 Å². The fraction of sp³-hybridized carbons (Fsp3) is 0.556. The minimum Gasteiger partial charge on any atom is -0.355 e. The maximum Gasteiger partial charge on any atom is 0.251 e. The summed E-state index contributed by atoms with van der Waals surface area (Å²) in [6, 6.07) is 7.90. The molecule has 1 N–H and O–H groups in total. The van der Waals surface area contributed by atoms with Crippen molar-refractivity contribution >= 4 is 22.8 Å². The predicted molar refractivity (Wildman–Crippen MR) is 101 cm³/mol. The molecular weight excluding hydrogens is 320 g/mol. The lowest BCUT2D eigenvalue weighted by atomic mass is 10.1. The molecule has 6 heteroatoms. The first-order chi connectivity index (χ1) is 11.5. The molecule has 0 bridgehead atoms. The van der Waals surface area contributed by atoms with E-state index in [9.17, 15) is 4.79 Å². The standard InChI is InChI=1S/C18H26N4OS/c1-18(2)13-20-17(24-18)22-10-8-21(9-11-22)12-14-4-6-15(7-5-14)16(23)19-3/h4-7H,8-13H2,1-3H3,(H,19,23). The van der Waals surface area contributed by atoms with Crippen LogP contribution >= 0.6 is 11.8 Å². The van der Waals surface area contributed by atoms with Crippen LogP contribution in [0.3, 0.4) is 0 Å². The van der Waals surface area contributed by atoms with Gasteiger partial charge in [0.2, 0.25) is 0 Å². The molecule has 5 nitrogen and oxygen atoms in total. The van der Waals surface area contributed by atoms with Gasteiger partial charge in [0.05, 0.1) is 6.54 Å². The summed E-state index contributed by atoms with van der Waals surface area (Å²) in [4.78, 5) is 21.2. The Labute approximate surface area is 148 Å². The van der Waals surface area contributed by atoms with E-state index in [1.807, 2.05) is 23.9 Å². The first kappa shape index (κ1) is 17.3. The number of carbonyl (C=O) groups excluding carboxylic acids is 1. The van der Waals surface area contributed by atoms with Crippen molar-refractivity contribution in [1.82, 2.24) is 15.1 Å². The molecule has 2 aliphatic rings. The molecule has 3 rings (SSSR count). The van der Waals surface area contributed by atoms with Gasteiger partial charge in [0.25, 0.3) is 5.91 Å². The zero-order valence-corrected chi connectivity index (χ0v) is 15.5. The van der Waals surface area contributed by atoms with Crippen LogP contribution in [0.1, 0.15) is 29.8 Å². The molecule has 0 unspecified atom stereocenters. The number of amides is 1. The van der Waals surface area contributed by atoms with Gasteiger partial charge in [-0.2, -0.15) is 0 Å². The molecule has 0 aliphatic carbocycles. The lowest BCUT2D eigenvalue weighted by molar-refractivity contribution is 0.0963. The van der Waals surface area contributed by atoms with Gasteiger partial charge in [-0.1, -0.05) is 23.9 Å². The summed E-state index contributed by atoms with van der Waals surface area (Å²) in [5, 5.41) is 3.87. The zero-order valence-electron chi connectivity index (χ0n) is 14.7. The van der Waals surface area contributed by atoms with Crippen LogP contribution in [0, 0.1) is 0 Å². The van der Waals surface area contributed by atoms with Crippen LogP contribution in [0.15, 0.2) is 29.3 Å². The average molecular weight is 347 g/mol. The smallest absolute Gasteiger partial charge is 0.251 e. The second-order valence-corrected chi connectivity index (χ2v) is 8.67. The number of carbonyl (C=O) groups is 1. The lowest BCUT2D eigenvalue weighted by Crippen LogP contribution is -2.47. The molecule has 2 aliphatic heterocycles. The molecule has 0 radical (unpaired) electrons. The molecule has 2 heterocycles. The summed E-state index contributed by atoms with van der Waals surface area (Å²) in [6.45, 7) is 10.6. The Balaban J connectivity index is 1.50. The number of hydrogen-bond acceptors (Lipinski definition) is 5. The Morgan fingerprint density at radius 2 is 1.88 bits per heavy atom. The van der Waals surface area contributed by atoms with E-state index >= 15 is 0 Å². The van der Waals surface area contributed by atoms with E-state index in [1.165, 1.54) is 10.7 Å². The van der Waals surface area contributed by atoms with Gasteiger partial charge >= 0.3 is 0 Å². The van der Waals surface area contributed by atoms with Crippen LogP contribution < -0.4 is 5.32 Å². The summed E-state index contributed by atoms with van der Waals surface area (Å²) in [6.07, 6.45) is 0. The Morgan fingerprint density at radius 1 is 1.21 bits per heavy atom. The van der Waals surface area contributed by atoms with Crippen molar-refractivity contribution in [3.8, 4) is 0 Å². The minimum absolute atomic E-state index is 0.0343. The molecule has 0 saturated carbocycles. The second kappa shape index (κ2) is 7.15. The van der Waals surface area contributed by atoms with Crippen LogP contribution in [-0.4, -0.2) is 65.4 Å². The van der Waals surface area contributed by atoms with E-state index < -0.39 is 0 Å². The maximum absolute atomic E-state index is 11.6. The van der Waals surface area contributed by atoms with E-state index in [0.717, 1.165) is 39.3 Å². The van der Waals surface area contributed by atoms with Crippen molar-refractivity contribution < 1.29 is 4.79 Å². The second-order valence-electron chi connectivity index (χ2n) is 7.00. The van der Waals surface area contributed by atoms with Crippen molar-refractivity contribution in [3.63, 3.8) is 0 Å². The number of amidine groups is 1. The van der Waals surface area contributed by atoms with Crippen LogP contribution in [0.5, 0.6) is 0 Å². The average Bonchev–Trinajstić information content (AvgIpc) is 2.95. The molecule has 0 spiro atoms. The van der Waals surface area contributed by atoms with Crippen molar-refractivity contribution in [2.45, 2.75) is 25.1 Å². The third-order valence-electron chi connectivity index (χ3n) is 4.45. The van der Waals surface area contributed by atoms with Gasteiger partial charge in [0.1, 0.15) is 0 Å². The van der Waals surface area contributed by atoms with Gasteiger partial charge in [-0.15, -0.1) is 0 Å². The first-order valence-corrected chi connectivity index (χ1v) is 9.30. The minimum atomic E-state index is -0.0343. The highest BCUT2D eigenvalue weighted by Gasteiger charge is 2.31. The number of benzene rings is 1. The van der Waals surface area contributed by atoms with Gasteiger partial charge < -0.3 is 10.2 Å². The molecular formula is C18H26N4OS. The third-order valence-corrected chi connectivity index (χ3v) is 5.71. The molecule has 0 aromatic heterocycles. The predicted octanol–water partition coefficient (Wildman–Crippen LogP) is 2.05. The number of thioether (sulfide) groups is 1. The fourth-order valence-corrected chi connectivity index (χ4v) is 4.06. The summed E-state index contributed by atoms with van der Waals surface area (Å²) >= 11 is 1.91. The van der Waals surface area contributed by atoms with Crippen molar-refractivity contribution in [1.29, 1.82) is 0 Å². The molecule has 1 amide bonds. The summed E-state index contributed by atoms with van der Waals surface area (Å²) in [5.74, 6) is -0.0343. The molecule has 130 valence electrons. The molecule has 1 aromatic carbocycles. The van der Waals surface area contributed by atoms with Crippen LogP contribution in [0.2, 0.25) is 0 Å². The first-order valence-electron chi connectivity index (χ1n) is 8.49. The topological polar surface area (TPSA) is 47.9 Å². The third kappa shape index (κ3) is 4.11. The highest BCUT2D eigenvalue weighted by molar-refractivity contribution is 8.15. The lowest BCUT2D eigenvalue weighted by Gasteiger charge is -2.36. The van der Waals surface area contributed by atoms with E-state index in [-0.39, 0.29) is 10.7 Å². The fourth-order valence-electron chi connectivity index (χ4n) is 3.00. The molecule has 1 aromatic rings. The Kier molecular flexibility index (Phi) is 5.15. The van der Waals surface area contributed by atoms with Gasteiger partial charge in [0.15, 0.2) is 5.17 Å². The Hall–Kier alpha value is -1.53. The van der Waals surface area contributed by atoms with E-state index in [2.05, 4.69) is 41.1 Å². The summed E-state index contributed by atoms with van der Waals surface area (Å²) in [7, 11) is 1.66. The van der Waals surface area contributed by atoms with Crippen molar-refractivity contribution in [3.05, 3.63) is 35.4 Å². The maximum atomic E-state index is 11.6. The Bertz CT molecular complexity index is 618.